The van der Waals surface area contributed by atoms with E-state index in [-0.39, 0.29) is 0 Å². The molecule has 0 aliphatic carbocycles. The summed E-state index contributed by atoms with van der Waals surface area (Å²) >= 11 is 1.86. The Kier molecular flexibility index (Phi) is 6.82. The van der Waals surface area contributed by atoms with Gasteiger partial charge in [-0.2, -0.15) is 0 Å². The molecule has 0 saturated heterocycles. The minimum Gasteiger partial charge on any atom is -0.310 e. The molecule has 0 spiro atoms. The maximum atomic E-state index is 4.68. The second-order valence-electron chi connectivity index (χ2n) is 4.93. The lowest BCUT2D eigenvalue weighted by Gasteiger charge is -2.16. The van der Waals surface area contributed by atoms with E-state index < -0.39 is 0 Å². The molecule has 0 saturated carbocycles. The van der Waals surface area contributed by atoms with Gasteiger partial charge in [0.05, 0.1) is 10.7 Å². The van der Waals surface area contributed by atoms with Crippen molar-refractivity contribution >= 4 is 11.3 Å². The summed E-state index contributed by atoms with van der Waals surface area (Å²) in [7, 11) is 0. The van der Waals surface area contributed by atoms with Crippen molar-refractivity contribution in [3.05, 3.63) is 15.6 Å². The number of nitrogens with one attached hydrogen (secondary N) is 1. The third-order valence-electron chi connectivity index (χ3n) is 3.14. The van der Waals surface area contributed by atoms with Gasteiger partial charge in [-0.25, -0.2) is 4.98 Å². The van der Waals surface area contributed by atoms with Crippen LogP contribution in [0.5, 0.6) is 0 Å². The molecule has 0 bridgehead atoms. The summed E-state index contributed by atoms with van der Waals surface area (Å²) in [6.07, 6.45) is 1.08. The maximum Gasteiger partial charge on any atom is 0.0944 e. The van der Waals surface area contributed by atoms with Gasteiger partial charge in [0, 0.05) is 30.4 Å². The summed E-state index contributed by atoms with van der Waals surface area (Å²) in [5, 5.41) is 4.74. The second-order valence-corrected chi connectivity index (χ2v) is 6.10. The molecule has 4 heteroatoms. The van der Waals surface area contributed by atoms with E-state index >= 15 is 0 Å². The van der Waals surface area contributed by atoms with Crippen molar-refractivity contribution in [3.8, 4) is 0 Å². The number of nitrogens with zero attached hydrogens (tertiary/aromatic N) is 2. The summed E-state index contributed by atoms with van der Waals surface area (Å²) in [6, 6.07) is 0.533. The van der Waals surface area contributed by atoms with Crippen LogP contribution in [0.15, 0.2) is 0 Å². The monoisotopic (exact) mass is 269 g/mol. The Bertz CT molecular complexity index is 343. The van der Waals surface area contributed by atoms with Crippen molar-refractivity contribution in [3.63, 3.8) is 0 Å². The number of likely N-dealkylation sites (N-methyl/N-ethyl adjacent to an activating group) is 1. The number of hydrogen-bond acceptors (Lipinski definition) is 4. The van der Waals surface area contributed by atoms with Crippen LogP contribution in [0.1, 0.15) is 43.3 Å². The van der Waals surface area contributed by atoms with Crippen LogP contribution in [0.2, 0.25) is 0 Å². The normalized spacial score (nSPS) is 11.7. The third kappa shape index (κ3) is 5.04. The third-order valence-corrected chi connectivity index (χ3v) is 4.36. The molecule has 0 atom stereocenters. The van der Waals surface area contributed by atoms with Gasteiger partial charge >= 0.3 is 0 Å². The minimum absolute atomic E-state index is 0.533. The van der Waals surface area contributed by atoms with Gasteiger partial charge in [-0.05, 0) is 20.0 Å². The summed E-state index contributed by atoms with van der Waals surface area (Å²) in [5.74, 6) is 0. The Labute approximate surface area is 116 Å². The highest BCUT2D eigenvalue weighted by molar-refractivity contribution is 7.11. The highest BCUT2D eigenvalue weighted by Gasteiger charge is 2.09. The zero-order valence-corrected chi connectivity index (χ0v) is 13.2. The highest BCUT2D eigenvalue weighted by atomic mass is 32.1. The first-order valence-electron chi connectivity index (χ1n) is 6.97. The Morgan fingerprint density at radius 2 is 1.94 bits per heavy atom. The van der Waals surface area contributed by atoms with Gasteiger partial charge in [-0.15, -0.1) is 11.3 Å². The highest BCUT2D eigenvalue weighted by Crippen LogP contribution is 2.18. The predicted octanol–water partition coefficient (Wildman–Crippen LogP) is 2.83. The Hall–Kier alpha value is -0.450. The van der Waals surface area contributed by atoms with E-state index in [4.69, 9.17) is 0 Å². The van der Waals surface area contributed by atoms with Crippen LogP contribution in [0.25, 0.3) is 0 Å². The molecule has 0 fully saturated rings. The number of hydrogen-bond donors (Lipinski definition) is 1. The van der Waals surface area contributed by atoms with Crippen LogP contribution in [0.4, 0.5) is 0 Å². The second kappa shape index (κ2) is 7.87. The van der Waals surface area contributed by atoms with E-state index in [0.717, 1.165) is 32.6 Å². The summed E-state index contributed by atoms with van der Waals surface area (Å²) in [6.45, 7) is 15.2. The molecule has 18 heavy (non-hydrogen) atoms. The van der Waals surface area contributed by atoms with Crippen molar-refractivity contribution in [2.24, 2.45) is 0 Å². The average molecular weight is 269 g/mol. The smallest absolute Gasteiger partial charge is 0.0944 e. The molecule has 0 amide bonds. The summed E-state index contributed by atoms with van der Waals surface area (Å²) in [4.78, 5) is 8.52. The molecule has 0 radical (unpaired) electrons. The van der Waals surface area contributed by atoms with E-state index in [1.54, 1.807) is 0 Å². The molecule has 0 aromatic carbocycles. The molecule has 1 aromatic rings. The zero-order valence-electron chi connectivity index (χ0n) is 12.4. The predicted molar refractivity (Wildman–Crippen MR) is 80.3 cm³/mol. The molecule has 1 rings (SSSR count). The van der Waals surface area contributed by atoms with Gasteiger partial charge in [0.15, 0.2) is 0 Å². The Balaban J connectivity index is 2.50. The van der Waals surface area contributed by atoms with E-state index in [1.807, 2.05) is 11.3 Å². The Morgan fingerprint density at radius 1 is 1.28 bits per heavy atom. The van der Waals surface area contributed by atoms with Gasteiger partial charge in [0.1, 0.15) is 0 Å². The molecule has 1 N–H and O–H groups in total. The fourth-order valence-electron chi connectivity index (χ4n) is 1.85. The topological polar surface area (TPSA) is 28.2 Å². The van der Waals surface area contributed by atoms with Crippen molar-refractivity contribution in [1.82, 2.24) is 15.2 Å². The minimum atomic E-state index is 0.533. The number of rotatable bonds is 8. The molecule has 3 nitrogen and oxygen atoms in total. The van der Waals surface area contributed by atoms with Crippen molar-refractivity contribution < 1.29 is 0 Å². The van der Waals surface area contributed by atoms with E-state index in [2.05, 4.69) is 49.8 Å². The van der Waals surface area contributed by atoms with Crippen LogP contribution < -0.4 is 5.32 Å². The first-order valence-corrected chi connectivity index (χ1v) is 7.79. The van der Waals surface area contributed by atoms with Crippen molar-refractivity contribution in [2.45, 2.75) is 53.6 Å². The van der Waals surface area contributed by atoms with Crippen LogP contribution in [0, 0.1) is 6.92 Å². The first kappa shape index (κ1) is 15.6. The van der Waals surface area contributed by atoms with Gasteiger partial charge < -0.3 is 10.2 Å². The molecular weight excluding hydrogens is 242 g/mol. The average Bonchev–Trinajstić information content (AvgIpc) is 2.68. The van der Waals surface area contributed by atoms with Gasteiger partial charge in [-0.1, -0.05) is 27.7 Å². The van der Waals surface area contributed by atoms with E-state index in [9.17, 15) is 0 Å². The van der Waals surface area contributed by atoms with Crippen LogP contribution in [-0.4, -0.2) is 35.6 Å². The zero-order chi connectivity index (χ0) is 13.5. The van der Waals surface area contributed by atoms with Crippen LogP contribution in [-0.2, 0) is 13.0 Å². The Morgan fingerprint density at radius 3 is 2.50 bits per heavy atom. The van der Waals surface area contributed by atoms with Crippen molar-refractivity contribution in [1.29, 1.82) is 0 Å². The molecule has 0 aliphatic heterocycles. The molecule has 0 aliphatic rings. The lowest BCUT2D eigenvalue weighted by molar-refractivity contribution is 0.308. The fourth-order valence-corrected chi connectivity index (χ4v) is 2.86. The maximum absolute atomic E-state index is 4.68. The van der Waals surface area contributed by atoms with Gasteiger partial charge in [0.2, 0.25) is 0 Å². The number of aryl methyl sites for hydroxylation is 1. The standard InChI is InChI=1S/C14H27N3S/c1-6-17(7-2)9-8-14-16-12(5)13(18-14)10-15-11(3)4/h11,15H,6-10H2,1-5H3. The molecule has 0 unspecified atom stereocenters. The largest absolute Gasteiger partial charge is 0.310 e. The van der Waals surface area contributed by atoms with Crippen LogP contribution >= 0.6 is 11.3 Å². The van der Waals surface area contributed by atoms with Gasteiger partial charge in [-0.3, -0.25) is 0 Å². The fraction of sp³-hybridized carbons (Fsp3) is 0.786. The van der Waals surface area contributed by atoms with Crippen LogP contribution in [0.3, 0.4) is 0 Å². The number of aromatic nitrogens is 1. The lowest BCUT2D eigenvalue weighted by atomic mass is 10.3. The SMILES string of the molecule is CCN(CC)CCc1nc(C)c(CNC(C)C)s1. The quantitative estimate of drug-likeness (QED) is 0.786. The molecular formula is C14H27N3S. The van der Waals surface area contributed by atoms with Gasteiger partial charge in [0.25, 0.3) is 0 Å². The first-order chi connectivity index (χ1) is 8.56. The summed E-state index contributed by atoms with van der Waals surface area (Å²) < 4.78 is 0. The van der Waals surface area contributed by atoms with E-state index in [1.165, 1.54) is 15.6 Å². The van der Waals surface area contributed by atoms with E-state index in [0.29, 0.717) is 6.04 Å². The van der Waals surface area contributed by atoms with Crippen molar-refractivity contribution in [2.75, 3.05) is 19.6 Å². The number of thiazole rings is 1. The molecule has 1 aromatic heterocycles. The molecule has 104 valence electrons. The summed E-state index contributed by atoms with van der Waals surface area (Å²) in [5.41, 5.74) is 1.20. The lowest BCUT2D eigenvalue weighted by Crippen LogP contribution is -2.25. The molecule has 1 heterocycles.